The molecule has 0 unspecified atom stereocenters. The molecule has 1 heterocycles. The van der Waals surface area contributed by atoms with Crippen LogP contribution >= 0.6 is 15.9 Å². The normalized spacial score (nSPS) is 9.64. The van der Waals surface area contributed by atoms with Crippen molar-refractivity contribution in [2.45, 2.75) is 12.3 Å². The van der Waals surface area contributed by atoms with Gasteiger partial charge in [-0.3, -0.25) is 0 Å². The van der Waals surface area contributed by atoms with E-state index in [9.17, 15) is 0 Å². The lowest BCUT2D eigenvalue weighted by molar-refractivity contribution is 0.326. The minimum Gasteiger partial charge on any atom is -0.478 e. The predicted octanol–water partition coefficient (Wildman–Crippen LogP) is 2.38. The van der Waals surface area contributed by atoms with Crippen LogP contribution in [-0.2, 0) is 5.33 Å². The molecule has 0 saturated carbocycles. The Labute approximate surface area is 74.7 Å². The Hall–Kier alpha value is -0.570. The summed E-state index contributed by atoms with van der Waals surface area (Å²) < 4.78 is 5.18. The first kappa shape index (κ1) is 8.53. The van der Waals surface area contributed by atoms with Crippen molar-refractivity contribution in [2.75, 3.05) is 6.61 Å². The first-order valence-corrected chi connectivity index (χ1v) is 4.62. The van der Waals surface area contributed by atoms with Crippen LogP contribution in [0.1, 0.15) is 12.5 Å². The van der Waals surface area contributed by atoms with E-state index in [2.05, 4.69) is 20.9 Å². The average Bonchev–Trinajstić information content (AvgIpc) is 2.07. The van der Waals surface area contributed by atoms with Crippen LogP contribution < -0.4 is 4.74 Å². The van der Waals surface area contributed by atoms with Gasteiger partial charge in [-0.1, -0.05) is 22.0 Å². The molecule has 0 radical (unpaired) electrons. The number of alkyl halides is 1. The molecule has 2 nitrogen and oxygen atoms in total. The molecule has 0 spiro atoms. The third kappa shape index (κ3) is 2.50. The quantitative estimate of drug-likeness (QED) is 0.723. The Morgan fingerprint density at radius 2 is 2.36 bits per heavy atom. The Bertz CT molecular complexity index is 210. The fraction of sp³-hybridized carbons (Fsp3) is 0.375. The molecule has 0 aromatic carbocycles. The van der Waals surface area contributed by atoms with E-state index in [4.69, 9.17) is 4.74 Å². The maximum atomic E-state index is 5.18. The van der Waals surface area contributed by atoms with E-state index < -0.39 is 0 Å². The van der Waals surface area contributed by atoms with Gasteiger partial charge in [0.15, 0.2) is 0 Å². The van der Waals surface area contributed by atoms with E-state index >= 15 is 0 Å². The molecular formula is C8H10BrNO. The number of aromatic nitrogens is 1. The van der Waals surface area contributed by atoms with Crippen LogP contribution in [-0.4, -0.2) is 11.6 Å². The summed E-state index contributed by atoms with van der Waals surface area (Å²) in [7, 11) is 0. The second-order valence-electron chi connectivity index (χ2n) is 2.07. The van der Waals surface area contributed by atoms with Crippen molar-refractivity contribution in [3.8, 4) is 5.88 Å². The molecule has 0 N–H and O–H groups in total. The second kappa shape index (κ2) is 4.34. The highest BCUT2D eigenvalue weighted by molar-refractivity contribution is 9.08. The molecule has 0 atom stereocenters. The molecule has 1 aromatic rings. The van der Waals surface area contributed by atoms with Gasteiger partial charge in [0.25, 0.3) is 0 Å². The number of nitrogens with zero attached hydrogens (tertiary/aromatic N) is 1. The molecule has 0 amide bonds. The summed E-state index contributed by atoms with van der Waals surface area (Å²) in [6.45, 7) is 2.61. The smallest absolute Gasteiger partial charge is 0.213 e. The minimum atomic E-state index is 0.667. The second-order valence-corrected chi connectivity index (χ2v) is 2.63. The van der Waals surface area contributed by atoms with Gasteiger partial charge in [0, 0.05) is 17.6 Å². The van der Waals surface area contributed by atoms with Crippen LogP contribution in [0.3, 0.4) is 0 Å². The van der Waals surface area contributed by atoms with Crippen molar-refractivity contribution in [1.82, 2.24) is 4.98 Å². The maximum Gasteiger partial charge on any atom is 0.213 e. The van der Waals surface area contributed by atoms with E-state index in [1.165, 1.54) is 0 Å². The van der Waals surface area contributed by atoms with Gasteiger partial charge >= 0.3 is 0 Å². The van der Waals surface area contributed by atoms with E-state index in [1.807, 2.05) is 19.1 Å². The summed E-state index contributed by atoms with van der Waals surface area (Å²) in [5, 5.41) is 0.840. The number of pyridine rings is 1. The van der Waals surface area contributed by atoms with Gasteiger partial charge in [0.1, 0.15) is 0 Å². The number of ether oxygens (including phenoxy) is 1. The van der Waals surface area contributed by atoms with E-state index in [0.29, 0.717) is 12.5 Å². The summed E-state index contributed by atoms with van der Waals surface area (Å²) in [6, 6.07) is 3.87. The molecule has 3 heteroatoms. The third-order valence-corrected chi connectivity index (χ3v) is 1.89. The highest BCUT2D eigenvalue weighted by atomic mass is 79.9. The summed E-state index contributed by atoms with van der Waals surface area (Å²) in [6.07, 6.45) is 1.81. The molecule has 60 valence electrons. The van der Waals surface area contributed by atoms with Crippen molar-refractivity contribution in [1.29, 1.82) is 0 Å². The summed E-state index contributed by atoms with van der Waals surface area (Å²) in [5.41, 5.74) is 1.16. The summed E-state index contributed by atoms with van der Waals surface area (Å²) in [4.78, 5) is 4.09. The lowest BCUT2D eigenvalue weighted by Crippen LogP contribution is -1.93. The average molecular weight is 216 g/mol. The predicted molar refractivity (Wildman–Crippen MR) is 48.0 cm³/mol. The lowest BCUT2D eigenvalue weighted by atomic mass is 10.3. The molecular weight excluding hydrogens is 206 g/mol. The van der Waals surface area contributed by atoms with E-state index in [-0.39, 0.29) is 0 Å². The van der Waals surface area contributed by atoms with Gasteiger partial charge in [-0.25, -0.2) is 4.98 Å². The Kier molecular flexibility index (Phi) is 3.36. The van der Waals surface area contributed by atoms with Gasteiger partial charge in [0.2, 0.25) is 5.88 Å². The molecule has 0 fully saturated rings. The van der Waals surface area contributed by atoms with Crippen molar-refractivity contribution in [3.05, 3.63) is 23.9 Å². The van der Waals surface area contributed by atoms with E-state index in [0.717, 1.165) is 10.9 Å². The standard InChI is InChI=1S/C8H10BrNO/c1-2-11-8-4-3-7(5-9)6-10-8/h3-4,6H,2,5H2,1H3. The Balaban J connectivity index is 2.66. The van der Waals surface area contributed by atoms with E-state index in [1.54, 1.807) is 6.20 Å². The molecule has 1 aromatic heterocycles. The zero-order valence-corrected chi connectivity index (χ0v) is 7.97. The molecule has 0 aliphatic heterocycles. The fourth-order valence-corrected chi connectivity index (χ4v) is 1.05. The van der Waals surface area contributed by atoms with Gasteiger partial charge in [0.05, 0.1) is 6.61 Å². The van der Waals surface area contributed by atoms with Crippen LogP contribution in [0.2, 0.25) is 0 Å². The number of halogens is 1. The molecule has 0 saturated heterocycles. The minimum absolute atomic E-state index is 0.667. The van der Waals surface area contributed by atoms with Crippen LogP contribution in [0.4, 0.5) is 0 Å². The van der Waals surface area contributed by atoms with Crippen molar-refractivity contribution in [3.63, 3.8) is 0 Å². The molecule has 0 aliphatic carbocycles. The highest BCUT2D eigenvalue weighted by Crippen LogP contribution is 2.09. The SMILES string of the molecule is CCOc1ccc(CBr)cn1. The largest absolute Gasteiger partial charge is 0.478 e. The van der Waals surface area contributed by atoms with Crippen LogP contribution in [0.15, 0.2) is 18.3 Å². The van der Waals surface area contributed by atoms with Gasteiger partial charge in [-0.05, 0) is 12.5 Å². The topological polar surface area (TPSA) is 22.1 Å². The van der Waals surface area contributed by atoms with Crippen molar-refractivity contribution >= 4 is 15.9 Å². The maximum absolute atomic E-state index is 5.18. The van der Waals surface area contributed by atoms with Crippen molar-refractivity contribution in [2.24, 2.45) is 0 Å². The number of hydrogen-bond donors (Lipinski definition) is 0. The third-order valence-electron chi connectivity index (χ3n) is 1.24. The summed E-state index contributed by atoms with van der Waals surface area (Å²) in [5.74, 6) is 0.692. The monoisotopic (exact) mass is 215 g/mol. The van der Waals surface area contributed by atoms with Crippen molar-refractivity contribution < 1.29 is 4.74 Å². The van der Waals surface area contributed by atoms with Crippen LogP contribution in [0, 0.1) is 0 Å². The fourth-order valence-electron chi connectivity index (χ4n) is 0.723. The Morgan fingerprint density at radius 3 is 2.82 bits per heavy atom. The first-order valence-electron chi connectivity index (χ1n) is 3.50. The van der Waals surface area contributed by atoms with Gasteiger partial charge in [-0.15, -0.1) is 0 Å². The molecule has 0 bridgehead atoms. The number of rotatable bonds is 3. The highest BCUT2D eigenvalue weighted by Gasteiger charge is 1.92. The zero-order chi connectivity index (χ0) is 8.10. The first-order chi connectivity index (χ1) is 5.36. The lowest BCUT2D eigenvalue weighted by Gasteiger charge is -2.00. The Morgan fingerprint density at radius 1 is 1.55 bits per heavy atom. The van der Waals surface area contributed by atoms with Crippen LogP contribution in [0.5, 0.6) is 5.88 Å². The number of hydrogen-bond acceptors (Lipinski definition) is 2. The van der Waals surface area contributed by atoms with Crippen LogP contribution in [0.25, 0.3) is 0 Å². The molecule has 1 rings (SSSR count). The summed E-state index contributed by atoms with van der Waals surface area (Å²) >= 11 is 3.34. The van der Waals surface area contributed by atoms with Gasteiger partial charge in [-0.2, -0.15) is 0 Å². The van der Waals surface area contributed by atoms with Gasteiger partial charge < -0.3 is 4.74 Å². The zero-order valence-electron chi connectivity index (χ0n) is 6.38. The molecule has 0 aliphatic rings. The molecule has 11 heavy (non-hydrogen) atoms.